The molecule has 0 N–H and O–H groups in total. The molecule has 0 aliphatic heterocycles. The van der Waals surface area contributed by atoms with Gasteiger partial charge >= 0.3 is 6.18 Å². The lowest BCUT2D eigenvalue weighted by Crippen LogP contribution is -2.09. The van der Waals surface area contributed by atoms with E-state index in [-0.39, 0.29) is 15.9 Å². The smallest absolute Gasteiger partial charge is 0.293 e. The first-order chi connectivity index (χ1) is 7.27. The molecule has 0 saturated heterocycles. The summed E-state index contributed by atoms with van der Waals surface area (Å²) in [6.07, 6.45) is -4.55. The van der Waals surface area contributed by atoms with E-state index in [1.807, 2.05) is 0 Å². The number of rotatable bonds is 2. The second kappa shape index (κ2) is 4.94. The number of benzene rings is 1. The Morgan fingerprint density at radius 3 is 2.38 bits per heavy atom. The van der Waals surface area contributed by atoms with E-state index >= 15 is 0 Å². The van der Waals surface area contributed by atoms with Crippen LogP contribution in [0.5, 0.6) is 0 Å². The Balaban J connectivity index is 3.33. The van der Waals surface area contributed by atoms with Crippen LogP contribution < -0.4 is 0 Å². The predicted octanol–water partition coefficient (Wildman–Crippen LogP) is 4.54. The fraction of sp³-hybridized carbons (Fsp3) is 0.222. The summed E-state index contributed by atoms with van der Waals surface area (Å²) in [4.78, 5) is 11.2. The molecule has 88 valence electrons. The number of halogens is 6. The van der Waals surface area contributed by atoms with Gasteiger partial charge in [-0.25, -0.2) is 0 Å². The van der Waals surface area contributed by atoms with Gasteiger partial charge in [0.25, 0.3) is 0 Å². The van der Waals surface area contributed by atoms with Gasteiger partial charge in [-0.1, -0.05) is 27.5 Å². The molecule has 1 aromatic carbocycles. The summed E-state index contributed by atoms with van der Waals surface area (Å²) in [7, 11) is 0. The van der Waals surface area contributed by atoms with Crippen LogP contribution in [0.1, 0.15) is 15.9 Å². The van der Waals surface area contributed by atoms with Gasteiger partial charge in [0.1, 0.15) is 0 Å². The number of carbonyl (C=O) groups excluding carboxylic acids is 1. The second-order valence-electron chi connectivity index (χ2n) is 2.87. The normalized spacial score (nSPS) is 11.6. The van der Waals surface area contributed by atoms with Gasteiger partial charge < -0.3 is 0 Å². The second-order valence-corrected chi connectivity index (χ2v) is 4.40. The zero-order valence-electron chi connectivity index (χ0n) is 7.54. The maximum absolute atomic E-state index is 12.4. The molecular weight excluding hydrogens is 332 g/mol. The molecule has 0 saturated carbocycles. The SMILES string of the molecule is O=C(CCl)c1cc(Cl)c(C(F)(F)F)cc1Br. The first-order valence-electron chi connectivity index (χ1n) is 3.92. The van der Waals surface area contributed by atoms with Crippen LogP contribution >= 0.6 is 39.1 Å². The van der Waals surface area contributed by atoms with Crippen LogP contribution in [0.4, 0.5) is 13.2 Å². The summed E-state index contributed by atoms with van der Waals surface area (Å²) in [5.74, 6) is -0.815. The summed E-state index contributed by atoms with van der Waals surface area (Å²) in [6, 6.07) is 1.72. The van der Waals surface area contributed by atoms with Crippen molar-refractivity contribution in [2.24, 2.45) is 0 Å². The first kappa shape index (κ1) is 13.8. The van der Waals surface area contributed by atoms with Crippen molar-refractivity contribution in [3.05, 3.63) is 32.8 Å². The Morgan fingerprint density at radius 2 is 1.94 bits per heavy atom. The minimum absolute atomic E-state index is 0.0230. The molecule has 0 aliphatic rings. The topological polar surface area (TPSA) is 17.1 Å². The maximum atomic E-state index is 12.4. The highest BCUT2D eigenvalue weighted by Crippen LogP contribution is 2.37. The Kier molecular flexibility index (Phi) is 4.26. The molecule has 0 aliphatic carbocycles. The van der Waals surface area contributed by atoms with Crippen molar-refractivity contribution in [2.75, 3.05) is 5.88 Å². The van der Waals surface area contributed by atoms with E-state index in [2.05, 4.69) is 15.9 Å². The van der Waals surface area contributed by atoms with Crippen molar-refractivity contribution in [1.29, 1.82) is 0 Å². The maximum Gasteiger partial charge on any atom is 0.417 e. The predicted molar refractivity (Wildman–Crippen MR) is 59.2 cm³/mol. The molecular formula is C9H4BrCl2F3O. The van der Waals surface area contributed by atoms with Gasteiger partial charge in [-0.3, -0.25) is 4.79 Å². The summed E-state index contributed by atoms with van der Waals surface area (Å²) in [5.41, 5.74) is -0.958. The van der Waals surface area contributed by atoms with E-state index in [1.165, 1.54) is 0 Å². The molecule has 0 atom stereocenters. The van der Waals surface area contributed by atoms with E-state index in [9.17, 15) is 18.0 Å². The molecule has 1 aromatic rings. The van der Waals surface area contributed by atoms with Crippen LogP contribution in [0.15, 0.2) is 16.6 Å². The Labute approximate surface area is 108 Å². The summed E-state index contributed by atoms with van der Waals surface area (Å²) in [5, 5.41) is -0.524. The fourth-order valence-electron chi connectivity index (χ4n) is 1.05. The minimum Gasteiger partial charge on any atom is -0.293 e. The Bertz CT molecular complexity index is 431. The highest BCUT2D eigenvalue weighted by Gasteiger charge is 2.34. The van der Waals surface area contributed by atoms with Crippen molar-refractivity contribution < 1.29 is 18.0 Å². The van der Waals surface area contributed by atoms with Gasteiger partial charge in [0.2, 0.25) is 0 Å². The largest absolute Gasteiger partial charge is 0.417 e. The number of hydrogen-bond acceptors (Lipinski definition) is 1. The lowest BCUT2D eigenvalue weighted by atomic mass is 10.1. The van der Waals surface area contributed by atoms with E-state index in [0.717, 1.165) is 12.1 Å². The van der Waals surface area contributed by atoms with Crippen molar-refractivity contribution in [3.63, 3.8) is 0 Å². The molecule has 0 unspecified atom stereocenters. The van der Waals surface area contributed by atoms with Gasteiger partial charge in [0.15, 0.2) is 5.78 Å². The van der Waals surface area contributed by atoms with Crippen LogP contribution in [0.2, 0.25) is 5.02 Å². The van der Waals surface area contributed by atoms with E-state index in [1.54, 1.807) is 0 Å². The molecule has 1 rings (SSSR count). The minimum atomic E-state index is -4.55. The van der Waals surface area contributed by atoms with E-state index < -0.39 is 22.5 Å². The average molecular weight is 336 g/mol. The van der Waals surface area contributed by atoms with E-state index in [4.69, 9.17) is 23.2 Å². The fourth-order valence-corrected chi connectivity index (χ4v) is 2.03. The van der Waals surface area contributed by atoms with Crippen LogP contribution in [0.3, 0.4) is 0 Å². The van der Waals surface area contributed by atoms with Crippen molar-refractivity contribution in [2.45, 2.75) is 6.18 Å². The summed E-state index contributed by atoms with van der Waals surface area (Å²) < 4.78 is 37.3. The lowest BCUT2D eigenvalue weighted by molar-refractivity contribution is -0.137. The monoisotopic (exact) mass is 334 g/mol. The standard InChI is InChI=1S/C9H4BrCl2F3O/c10-6-2-5(9(13,14)15)7(12)1-4(6)8(16)3-11/h1-2H,3H2. The molecule has 0 bridgehead atoms. The molecule has 0 spiro atoms. The quantitative estimate of drug-likeness (QED) is 0.572. The van der Waals surface area contributed by atoms with Crippen LogP contribution in [-0.4, -0.2) is 11.7 Å². The van der Waals surface area contributed by atoms with Gasteiger partial charge in [-0.15, -0.1) is 11.6 Å². The van der Waals surface area contributed by atoms with Crippen LogP contribution in [-0.2, 0) is 6.18 Å². The third-order valence-electron chi connectivity index (χ3n) is 1.78. The van der Waals surface area contributed by atoms with Crippen LogP contribution in [0, 0.1) is 0 Å². The van der Waals surface area contributed by atoms with Crippen molar-refractivity contribution in [1.82, 2.24) is 0 Å². The number of Topliss-reactive ketones (excluding diaryl/α,β-unsaturated/α-hetero) is 1. The molecule has 1 nitrogen and oxygen atoms in total. The molecule has 0 aromatic heterocycles. The highest BCUT2D eigenvalue weighted by molar-refractivity contribution is 9.10. The molecule has 0 radical (unpaired) electrons. The van der Waals surface area contributed by atoms with Gasteiger partial charge in [0.05, 0.1) is 16.5 Å². The molecule has 0 fully saturated rings. The van der Waals surface area contributed by atoms with Gasteiger partial charge in [0, 0.05) is 10.0 Å². The van der Waals surface area contributed by atoms with Crippen LogP contribution in [0.25, 0.3) is 0 Å². The Morgan fingerprint density at radius 1 is 1.38 bits per heavy atom. The zero-order chi connectivity index (χ0) is 12.5. The number of carbonyl (C=O) groups is 1. The van der Waals surface area contributed by atoms with Gasteiger partial charge in [-0.2, -0.15) is 13.2 Å². The van der Waals surface area contributed by atoms with E-state index in [0.29, 0.717) is 0 Å². The molecule has 0 heterocycles. The highest BCUT2D eigenvalue weighted by atomic mass is 79.9. The number of alkyl halides is 4. The summed E-state index contributed by atoms with van der Waals surface area (Å²) >= 11 is 13.6. The third-order valence-corrected chi connectivity index (χ3v) is 3.00. The molecule has 0 amide bonds. The zero-order valence-corrected chi connectivity index (χ0v) is 10.6. The molecule has 7 heteroatoms. The average Bonchev–Trinajstić information content (AvgIpc) is 2.18. The molecule has 16 heavy (non-hydrogen) atoms. The van der Waals surface area contributed by atoms with Crippen molar-refractivity contribution in [3.8, 4) is 0 Å². The number of hydrogen-bond donors (Lipinski definition) is 0. The lowest BCUT2D eigenvalue weighted by Gasteiger charge is -2.11. The third kappa shape index (κ3) is 2.90. The van der Waals surface area contributed by atoms with Gasteiger partial charge in [-0.05, 0) is 12.1 Å². The van der Waals surface area contributed by atoms with Crippen molar-refractivity contribution >= 4 is 44.9 Å². The number of ketones is 1. The first-order valence-corrected chi connectivity index (χ1v) is 5.63. The summed E-state index contributed by atoms with van der Waals surface area (Å²) in [6.45, 7) is 0. The Hall–Kier alpha value is -0.260.